The highest BCUT2D eigenvalue weighted by Crippen LogP contribution is 2.25. The Balaban J connectivity index is 1.62. The Morgan fingerprint density at radius 1 is 1.15 bits per heavy atom. The van der Waals surface area contributed by atoms with Crippen LogP contribution in [-0.2, 0) is 6.54 Å². The summed E-state index contributed by atoms with van der Waals surface area (Å²) in [5, 5.41) is 6.65. The van der Waals surface area contributed by atoms with Crippen LogP contribution in [-0.4, -0.2) is 31.9 Å². The lowest BCUT2D eigenvalue weighted by Crippen LogP contribution is -2.33. The van der Waals surface area contributed by atoms with Crippen molar-refractivity contribution in [2.24, 2.45) is 0 Å². The first-order chi connectivity index (χ1) is 15.9. The second kappa shape index (κ2) is 9.80. The molecule has 168 valence electrons. The minimum absolute atomic E-state index is 0.0480. The zero-order valence-corrected chi connectivity index (χ0v) is 19.3. The minimum atomic E-state index is -0.502. The summed E-state index contributed by atoms with van der Waals surface area (Å²) in [6.45, 7) is 2.00. The molecule has 0 saturated carbocycles. The van der Waals surface area contributed by atoms with Gasteiger partial charge in [0.05, 0.1) is 6.54 Å². The van der Waals surface area contributed by atoms with Crippen molar-refractivity contribution in [3.05, 3.63) is 87.1 Å². The summed E-state index contributed by atoms with van der Waals surface area (Å²) in [5.74, 6) is 1.03. The number of ether oxygens (including phenoxy) is 1. The Morgan fingerprint density at radius 2 is 1.88 bits per heavy atom. The van der Waals surface area contributed by atoms with E-state index in [2.05, 4.69) is 25.0 Å². The van der Waals surface area contributed by atoms with E-state index in [0.29, 0.717) is 27.5 Å². The number of amides is 1. The lowest BCUT2D eigenvalue weighted by Gasteiger charge is -2.15. The van der Waals surface area contributed by atoms with E-state index in [1.807, 2.05) is 12.1 Å². The van der Waals surface area contributed by atoms with E-state index in [1.54, 1.807) is 43.3 Å². The molecule has 9 nitrogen and oxygen atoms in total. The second-order valence-corrected chi connectivity index (χ2v) is 8.10. The van der Waals surface area contributed by atoms with E-state index in [1.165, 1.54) is 29.3 Å². The van der Waals surface area contributed by atoms with Crippen LogP contribution in [0.4, 0.5) is 11.6 Å². The molecule has 0 aliphatic rings. The van der Waals surface area contributed by atoms with Gasteiger partial charge in [0.25, 0.3) is 16.7 Å². The van der Waals surface area contributed by atoms with Gasteiger partial charge < -0.3 is 15.4 Å². The van der Waals surface area contributed by atoms with Crippen LogP contribution in [0.15, 0.2) is 59.5 Å². The van der Waals surface area contributed by atoms with Gasteiger partial charge in [-0.05, 0) is 48.9 Å². The molecule has 0 fully saturated rings. The molecule has 0 aliphatic carbocycles. The summed E-state index contributed by atoms with van der Waals surface area (Å²) in [6, 6.07) is 14.2. The number of carbonyl (C=O) groups is 1. The van der Waals surface area contributed by atoms with Gasteiger partial charge in [0.1, 0.15) is 17.1 Å². The summed E-state index contributed by atoms with van der Waals surface area (Å²) in [4.78, 5) is 33.7. The lowest BCUT2D eigenvalue weighted by atomic mass is 10.2. The maximum Gasteiger partial charge on any atom is 0.298 e. The van der Waals surface area contributed by atoms with Crippen molar-refractivity contribution in [2.75, 3.05) is 12.4 Å². The van der Waals surface area contributed by atoms with Gasteiger partial charge in [-0.1, -0.05) is 23.7 Å². The normalized spacial score (nSPS) is 10.6. The van der Waals surface area contributed by atoms with Crippen LogP contribution >= 0.6 is 23.1 Å². The molecule has 0 bridgehead atoms. The van der Waals surface area contributed by atoms with Crippen LogP contribution in [0.25, 0.3) is 0 Å². The number of anilines is 2. The SMILES string of the molecule is CNC(=O)c1cnc(Nc2ccc(Oc3nc(C)ns3)cc2)n(Cc2ccc(Cl)cc2)c1=O. The summed E-state index contributed by atoms with van der Waals surface area (Å²) in [5.41, 5.74) is 0.998. The number of nitrogens with one attached hydrogen (secondary N) is 2. The van der Waals surface area contributed by atoms with Crippen molar-refractivity contribution in [1.82, 2.24) is 24.2 Å². The Kier molecular flexibility index (Phi) is 6.66. The van der Waals surface area contributed by atoms with Crippen molar-refractivity contribution >= 4 is 40.7 Å². The first kappa shape index (κ1) is 22.4. The number of benzene rings is 2. The Labute approximate surface area is 198 Å². The molecule has 2 aromatic heterocycles. The fraction of sp³-hybridized carbons (Fsp3) is 0.136. The van der Waals surface area contributed by atoms with Gasteiger partial charge in [-0.3, -0.25) is 14.2 Å². The second-order valence-electron chi connectivity index (χ2n) is 6.95. The fourth-order valence-electron chi connectivity index (χ4n) is 2.96. The van der Waals surface area contributed by atoms with Gasteiger partial charge in [-0.15, -0.1) is 0 Å². The molecule has 0 saturated heterocycles. The molecule has 2 N–H and O–H groups in total. The molecule has 11 heteroatoms. The highest BCUT2D eigenvalue weighted by atomic mass is 35.5. The molecule has 0 atom stereocenters. The zero-order valence-electron chi connectivity index (χ0n) is 17.7. The van der Waals surface area contributed by atoms with Gasteiger partial charge in [0, 0.05) is 35.5 Å². The van der Waals surface area contributed by atoms with Crippen LogP contribution in [0, 0.1) is 6.92 Å². The van der Waals surface area contributed by atoms with Gasteiger partial charge in [0.15, 0.2) is 0 Å². The fourth-order valence-corrected chi connectivity index (χ4v) is 3.64. The van der Waals surface area contributed by atoms with Gasteiger partial charge in [-0.25, -0.2) is 4.98 Å². The third-order valence-electron chi connectivity index (χ3n) is 4.60. The van der Waals surface area contributed by atoms with Crippen molar-refractivity contribution in [3.8, 4) is 10.9 Å². The maximum absolute atomic E-state index is 13.1. The van der Waals surface area contributed by atoms with E-state index in [0.717, 1.165) is 5.56 Å². The highest BCUT2D eigenvalue weighted by Gasteiger charge is 2.16. The molecule has 0 radical (unpaired) electrons. The van der Waals surface area contributed by atoms with Gasteiger partial charge in [0.2, 0.25) is 5.95 Å². The number of carbonyl (C=O) groups excluding carboxylic acids is 1. The van der Waals surface area contributed by atoms with Crippen LogP contribution in [0.2, 0.25) is 5.02 Å². The standard InChI is InChI=1S/C22H19ClN6O3S/c1-13-26-22(33-28-13)32-17-9-7-16(8-10-17)27-21-25-11-18(19(30)24-2)20(31)29(21)12-14-3-5-15(23)6-4-14/h3-11H,12H2,1-2H3,(H,24,30)(H,25,27). The molecule has 33 heavy (non-hydrogen) atoms. The van der Waals surface area contributed by atoms with Crippen molar-refractivity contribution < 1.29 is 9.53 Å². The molecular formula is C22H19ClN6O3S. The van der Waals surface area contributed by atoms with E-state index in [9.17, 15) is 9.59 Å². The summed E-state index contributed by atoms with van der Waals surface area (Å²) >= 11 is 7.15. The number of hydrogen-bond donors (Lipinski definition) is 2. The van der Waals surface area contributed by atoms with Crippen LogP contribution < -0.4 is 20.9 Å². The van der Waals surface area contributed by atoms with Crippen molar-refractivity contribution in [3.63, 3.8) is 0 Å². The number of aryl methyl sites for hydroxylation is 1. The molecule has 0 aliphatic heterocycles. The molecule has 4 rings (SSSR count). The third-order valence-corrected chi connectivity index (χ3v) is 5.54. The van der Waals surface area contributed by atoms with Crippen LogP contribution in [0.5, 0.6) is 10.9 Å². The summed E-state index contributed by atoms with van der Waals surface area (Å²) in [7, 11) is 1.46. The van der Waals surface area contributed by atoms with E-state index >= 15 is 0 Å². The first-order valence-electron chi connectivity index (χ1n) is 9.84. The van der Waals surface area contributed by atoms with Gasteiger partial charge >= 0.3 is 0 Å². The lowest BCUT2D eigenvalue weighted by molar-refractivity contribution is 0.0960. The molecule has 1 amide bonds. The number of halogens is 1. The minimum Gasteiger partial charge on any atom is -0.430 e. The molecular weight excluding hydrogens is 464 g/mol. The van der Waals surface area contributed by atoms with Crippen molar-refractivity contribution in [1.29, 1.82) is 0 Å². The average Bonchev–Trinajstić information content (AvgIpc) is 3.22. The van der Waals surface area contributed by atoms with Crippen LogP contribution in [0.1, 0.15) is 21.7 Å². The first-order valence-corrected chi connectivity index (χ1v) is 11.0. The molecule has 0 spiro atoms. The van der Waals surface area contributed by atoms with Crippen molar-refractivity contribution in [2.45, 2.75) is 13.5 Å². The van der Waals surface area contributed by atoms with Gasteiger partial charge in [-0.2, -0.15) is 9.36 Å². The Bertz CT molecular complexity index is 1340. The Hall–Kier alpha value is -3.76. The highest BCUT2D eigenvalue weighted by molar-refractivity contribution is 7.07. The average molecular weight is 483 g/mol. The maximum atomic E-state index is 13.1. The molecule has 0 unspecified atom stereocenters. The number of rotatable bonds is 7. The topological polar surface area (TPSA) is 111 Å². The summed E-state index contributed by atoms with van der Waals surface area (Å²) in [6.07, 6.45) is 1.26. The predicted octanol–water partition coefficient (Wildman–Crippen LogP) is 4.00. The number of hydrogen-bond acceptors (Lipinski definition) is 8. The molecule has 2 heterocycles. The smallest absolute Gasteiger partial charge is 0.298 e. The predicted molar refractivity (Wildman–Crippen MR) is 127 cm³/mol. The third kappa shape index (κ3) is 5.36. The van der Waals surface area contributed by atoms with Crippen LogP contribution in [0.3, 0.4) is 0 Å². The number of aromatic nitrogens is 4. The van der Waals surface area contributed by atoms with E-state index in [4.69, 9.17) is 16.3 Å². The van der Waals surface area contributed by atoms with E-state index < -0.39 is 11.5 Å². The summed E-state index contributed by atoms with van der Waals surface area (Å²) < 4.78 is 11.2. The molecule has 4 aromatic rings. The Morgan fingerprint density at radius 3 is 2.52 bits per heavy atom. The zero-order chi connectivity index (χ0) is 23.4. The van der Waals surface area contributed by atoms with E-state index in [-0.39, 0.29) is 18.1 Å². The quantitative estimate of drug-likeness (QED) is 0.409. The monoisotopic (exact) mass is 482 g/mol. The largest absolute Gasteiger partial charge is 0.430 e. The molecule has 2 aromatic carbocycles. The number of nitrogens with zero attached hydrogens (tertiary/aromatic N) is 4.